The summed E-state index contributed by atoms with van der Waals surface area (Å²) < 4.78 is 5.18. The van der Waals surface area contributed by atoms with Crippen LogP contribution in [0.1, 0.15) is 32.1 Å². The molecule has 14 heavy (non-hydrogen) atoms. The monoisotopic (exact) mass is 198 g/mol. The quantitative estimate of drug-likeness (QED) is 0.691. The van der Waals surface area contributed by atoms with Gasteiger partial charge in [-0.05, 0) is 32.1 Å². The molecule has 0 aromatic heterocycles. The summed E-state index contributed by atoms with van der Waals surface area (Å²) >= 11 is 0. The molecule has 0 spiro atoms. The Kier molecular flexibility index (Phi) is 3.10. The Labute approximate surface area is 86.6 Å². The summed E-state index contributed by atoms with van der Waals surface area (Å²) in [4.78, 5) is 2.62. The molecule has 2 saturated carbocycles. The maximum absolute atomic E-state index is 5.92. The standard InChI is InChI=1S/C11H22N2O/c1-14-8-7-13(10-3-4-10)11(9-12)5-2-6-11/h10H,2-9,12H2,1H3. The minimum atomic E-state index is 0.347. The smallest absolute Gasteiger partial charge is 0.0590 e. The normalized spacial score (nSPS) is 25.1. The van der Waals surface area contributed by atoms with Gasteiger partial charge in [0.2, 0.25) is 0 Å². The zero-order chi connectivity index (χ0) is 10.0. The van der Waals surface area contributed by atoms with E-state index in [4.69, 9.17) is 10.5 Å². The third-order valence-electron chi connectivity index (χ3n) is 3.80. The third kappa shape index (κ3) is 1.81. The largest absolute Gasteiger partial charge is 0.383 e. The second kappa shape index (κ2) is 4.17. The summed E-state index contributed by atoms with van der Waals surface area (Å²) in [6.45, 7) is 2.74. The average Bonchev–Trinajstić information content (AvgIpc) is 2.92. The molecule has 0 saturated heterocycles. The number of hydrogen-bond donors (Lipinski definition) is 1. The fourth-order valence-corrected chi connectivity index (χ4v) is 2.58. The fraction of sp³-hybridized carbons (Fsp3) is 1.00. The van der Waals surface area contributed by atoms with E-state index in [9.17, 15) is 0 Å². The van der Waals surface area contributed by atoms with Crippen LogP contribution in [0.5, 0.6) is 0 Å². The van der Waals surface area contributed by atoms with E-state index in [1.807, 2.05) is 0 Å². The van der Waals surface area contributed by atoms with E-state index < -0.39 is 0 Å². The van der Waals surface area contributed by atoms with E-state index in [0.29, 0.717) is 5.54 Å². The van der Waals surface area contributed by atoms with Crippen molar-refractivity contribution in [1.82, 2.24) is 4.90 Å². The minimum absolute atomic E-state index is 0.347. The molecule has 0 atom stereocenters. The molecule has 2 N–H and O–H groups in total. The highest BCUT2D eigenvalue weighted by molar-refractivity contribution is 5.04. The molecule has 0 heterocycles. The van der Waals surface area contributed by atoms with E-state index in [2.05, 4.69) is 4.90 Å². The number of methoxy groups -OCH3 is 1. The lowest BCUT2D eigenvalue weighted by molar-refractivity contribution is -0.000840. The highest BCUT2D eigenvalue weighted by atomic mass is 16.5. The van der Waals surface area contributed by atoms with Crippen molar-refractivity contribution in [2.24, 2.45) is 5.73 Å². The van der Waals surface area contributed by atoms with Gasteiger partial charge in [0.1, 0.15) is 0 Å². The average molecular weight is 198 g/mol. The van der Waals surface area contributed by atoms with Crippen molar-refractivity contribution in [3.05, 3.63) is 0 Å². The summed E-state index contributed by atoms with van der Waals surface area (Å²) in [6, 6.07) is 0.814. The summed E-state index contributed by atoms with van der Waals surface area (Å²) in [5.41, 5.74) is 6.27. The predicted molar refractivity (Wildman–Crippen MR) is 57.2 cm³/mol. The Morgan fingerprint density at radius 2 is 2.14 bits per heavy atom. The molecule has 3 heteroatoms. The van der Waals surface area contributed by atoms with Crippen LogP contribution in [0.4, 0.5) is 0 Å². The highest BCUT2D eigenvalue weighted by Crippen LogP contribution is 2.42. The van der Waals surface area contributed by atoms with Gasteiger partial charge in [-0.15, -0.1) is 0 Å². The Balaban J connectivity index is 1.93. The lowest BCUT2D eigenvalue weighted by atomic mass is 9.75. The molecule has 0 unspecified atom stereocenters. The Bertz CT molecular complexity index is 182. The number of hydrogen-bond acceptors (Lipinski definition) is 3. The molecule has 2 fully saturated rings. The van der Waals surface area contributed by atoms with Gasteiger partial charge in [0.25, 0.3) is 0 Å². The number of nitrogens with two attached hydrogens (primary N) is 1. The van der Waals surface area contributed by atoms with Crippen molar-refractivity contribution in [2.45, 2.75) is 43.7 Å². The van der Waals surface area contributed by atoms with Crippen LogP contribution in [0.2, 0.25) is 0 Å². The summed E-state index contributed by atoms with van der Waals surface area (Å²) in [5.74, 6) is 0. The molecule has 0 aliphatic heterocycles. The van der Waals surface area contributed by atoms with E-state index in [0.717, 1.165) is 25.7 Å². The van der Waals surface area contributed by atoms with Gasteiger partial charge in [-0.1, -0.05) is 0 Å². The topological polar surface area (TPSA) is 38.5 Å². The Morgan fingerprint density at radius 3 is 2.50 bits per heavy atom. The first-order valence-electron chi connectivity index (χ1n) is 5.78. The van der Waals surface area contributed by atoms with Gasteiger partial charge >= 0.3 is 0 Å². The first-order chi connectivity index (χ1) is 6.82. The summed E-state index contributed by atoms with van der Waals surface area (Å²) in [5, 5.41) is 0. The zero-order valence-electron chi connectivity index (χ0n) is 9.17. The molecule has 82 valence electrons. The van der Waals surface area contributed by atoms with Crippen molar-refractivity contribution in [3.8, 4) is 0 Å². The maximum atomic E-state index is 5.92. The summed E-state index contributed by atoms with van der Waals surface area (Å²) in [6.07, 6.45) is 6.68. The molecule has 2 aliphatic carbocycles. The van der Waals surface area contributed by atoms with Crippen LogP contribution in [0.15, 0.2) is 0 Å². The minimum Gasteiger partial charge on any atom is -0.383 e. The van der Waals surface area contributed by atoms with E-state index >= 15 is 0 Å². The molecule has 0 amide bonds. The lowest BCUT2D eigenvalue weighted by Crippen LogP contribution is -2.60. The molecule has 2 aliphatic rings. The first-order valence-corrected chi connectivity index (χ1v) is 5.78. The molecule has 2 rings (SSSR count). The third-order valence-corrected chi connectivity index (χ3v) is 3.80. The van der Waals surface area contributed by atoms with Crippen molar-refractivity contribution in [3.63, 3.8) is 0 Å². The lowest BCUT2D eigenvalue weighted by Gasteiger charge is -2.50. The molecule has 0 aromatic rings. The van der Waals surface area contributed by atoms with E-state index in [-0.39, 0.29) is 0 Å². The van der Waals surface area contributed by atoms with Crippen LogP contribution in [-0.4, -0.2) is 43.3 Å². The van der Waals surface area contributed by atoms with Crippen LogP contribution >= 0.6 is 0 Å². The molecule has 3 nitrogen and oxygen atoms in total. The van der Waals surface area contributed by atoms with Crippen molar-refractivity contribution < 1.29 is 4.74 Å². The highest BCUT2D eigenvalue weighted by Gasteiger charge is 2.46. The first kappa shape index (κ1) is 10.4. The number of rotatable bonds is 6. The number of ether oxygens (including phenoxy) is 1. The van der Waals surface area contributed by atoms with Crippen molar-refractivity contribution in [2.75, 3.05) is 26.8 Å². The van der Waals surface area contributed by atoms with E-state index in [1.165, 1.54) is 32.1 Å². The molecule has 0 aromatic carbocycles. The van der Waals surface area contributed by atoms with Crippen molar-refractivity contribution in [1.29, 1.82) is 0 Å². The van der Waals surface area contributed by atoms with Crippen LogP contribution in [0.3, 0.4) is 0 Å². The van der Waals surface area contributed by atoms with Crippen LogP contribution in [-0.2, 0) is 4.74 Å². The molecule has 0 bridgehead atoms. The Hall–Kier alpha value is -0.120. The van der Waals surface area contributed by atoms with Gasteiger partial charge in [0, 0.05) is 31.8 Å². The molecular formula is C11H22N2O. The van der Waals surface area contributed by atoms with Crippen molar-refractivity contribution >= 4 is 0 Å². The van der Waals surface area contributed by atoms with Gasteiger partial charge in [0.15, 0.2) is 0 Å². The number of nitrogens with zero attached hydrogens (tertiary/aromatic N) is 1. The van der Waals surface area contributed by atoms with Gasteiger partial charge in [-0.3, -0.25) is 4.90 Å². The second-order valence-electron chi connectivity index (χ2n) is 4.70. The summed E-state index contributed by atoms with van der Waals surface area (Å²) in [7, 11) is 1.78. The van der Waals surface area contributed by atoms with Crippen LogP contribution in [0.25, 0.3) is 0 Å². The van der Waals surface area contributed by atoms with Gasteiger partial charge in [0.05, 0.1) is 6.61 Å². The van der Waals surface area contributed by atoms with Crippen LogP contribution in [0, 0.1) is 0 Å². The Morgan fingerprint density at radius 1 is 1.43 bits per heavy atom. The van der Waals surface area contributed by atoms with Gasteiger partial charge < -0.3 is 10.5 Å². The van der Waals surface area contributed by atoms with Gasteiger partial charge in [-0.2, -0.15) is 0 Å². The zero-order valence-corrected chi connectivity index (χ0v) is 9.17. The second-order valence-corrected chi connectivity index (χ2v) is 4.70. The van der Waals surface area contributed by atoms with Gasteiger partial charge in [-0.25, -0.2) is 0 Å². The van der Waals surface area contributed by atoms with Crippen LogP contribution < -0.4 is 5.73 Å². The van der Waals surface area contributed by atoms with E-state index in [1.54, 1.807) is 7.11 Å². The molecule has 0 radical (unpaired) electrons. The maximum Gasteiger partial charge on any atom is 0.0590 e. The molecular weight excluding hydrogens is 176 g/mol. The fourth-order valence-electron chi connectivity index (χ4n) is 2.58. The SMILES string of the molecule is COCCN(C1CC1)C1(CN)CCC1. The predicted octanol–water partition coefficient (Wildman–Crippen LogP) is 0.979.